The molecule has 5 heteroatoms. The van der Waals surface area contributed by atoms with Gasteiger partial charge < -0.3 is 15.8 Å². The topological polar surface area (TPSA) is 81.4 Å². The second kappa shape index (κ2) is 8.06. The van der Waals surface area contributed by atoms with Gasteiger partial charge in [0.15, 0.2) is 0 Å². The van der Waals surface area contributed by atoms with Crippen molar-refractivity contribution in [2.45, 2.75) is 52.1 Å². The highest BCUT2D eigenvalue weighted by Gasteiger charge is 2.24. The molecule has 0 radical (unpaired) electrons. The Bertz CT molecular complexity index is 254. The van der Waals surface area contributed by atoms with Gasteiger partial charge in [-0.25, -0.2) is 4.79 Å². The molecule has 0 spiro atoms. The minimum atomic E-state index is -0.601. The van der Waals surface area contributed by atoms with Crippen LogP contribution in [0.3, 0.4) is 0 Å². The number of carbonyl (C=O) groups excluding carboxylic acids is 2. The third kappa shape index (κ3) is 6.26. The van der Waals surface area contributed by atoms with Gasteiger partial charge in [0, 0.05) is 0 Å². The summed E-state index contributed by atoms with van der Waals surface area (Å²) in [4.78, 5) is 23.2. The molecule has 0 aliphatic carbocycles. The second-order valence-corrected chi connectivity index (χ2v) is 4.61. The van der Waals surface area contributed by atoms with Crippen LogP contribution in [0, 0.1) is 5.92 Å². The molecule has 1 amide bonds. The second-order valence-electron chi connectivity index (χ2n) is 4.61. The lowest BCUT2D eigenvalue weighted by molar-refractivity contribution is -0.145. The van der Waals surface area contributed by atoms with E-state index < -0.39 is 18.1 Å². The largest absolute Gasteiger partial charge is 0.467 e. The molecule has 0 saturated heterocycles. The molecule has 100 valence electrons. The van der Waals surface area contributed by atoms with Crippen LogP contribution < -0.4 is 11.1 Å². The quantitative estimate of drug-likeness (QED) is 0.650. The molecular formula is C12H24N2O3. The fraction of sp³-hybridized carbons (Fsp3) is 0.833. The predicted octanol–water partition coefficient (Wildman–Crippen LogP) is 0.818. The van der Waals surface area contributed by atoms with Crippen LogP contribution in [0.15, 0.2) is 0 Å². The predicted molar refractivity (Wildman–Crippen MR) is 66.3 cm³/mol. The van der Waals surface area contributed by atoms with E-state index >= 15 is 0 Å². The van der Waals surface area contributed by atoms with Crippen molar-refractivity contribution in [3.05, 3.63) is 0 Å². The van der Waals surface area contributed by atoms with Crippen molar-refractivity contribution in [2.75, 3.05) is 7.11 Å². The van der Waals surface area contributed by atoms with Gasteiger partial charge in [0.2, 0.25) is 5.91 Å². The molecule has 5 nitrogen and oxygen atoms in total. The number of nitrogens with one attached hydrogen (secondary N) is 1. The molecule has 0 rings (SSSR count). The lowest BCUT2D eigenvalue weighted by Crippen LogP contribution is -2.49. The molecule has 0 unspecified atom stereocenters. The maximum absolute atomic E-state index is 11.7. The molecule has 0 saturated carbocycles. The van der Waals surface area contributed by atoms with E-state index in [0.29, 0.717) is 18.8 Å². The zero-order chi connectivity index (χ0) is 13.4. The van der Waals surface area contributed by atoms with Gasteiger partial charge in [-0.05, 0) is 18.8 Å². The SMILES string of the molecule is CCC[C@H](N)C(=O)N[C@@H](CC(C)C)C(=O)OC. The fourth-order valence-corrected chi connectivity index (χ4v) is 1.55. The lowest BCUT2D eigenvalue weighted by Gasteiger charge is -2.20. The van der Waals surface area contributed by atoms with E-state index in [4.69, 9.17) is 5.73 Å². The number of amides is 1. The molecule has 0 aromatic rings. The van der Waals surface area contributed by atoms with E-state index in [1.54, 1.807) is 0 Å². The van der Waals surface area contributed by atoms with Crippen molar-refractivity contribution < 1.29 is 14.3 Å². The molecule has 0 aliphatic rings. The first-order valence-electron chi connectivity index (χ1n) is 6.06. The van der Waals surface area contributed by atoms with Gasteiger partial charge in [0.1, 0.15) is 6.04 Å². The standard InChI is InChI=1S/C12H24N2O3/c1-5-6-9(13)11(15)14-10(7-8(2)3)12(16)17-4/h8-10H,5-7,13H2,1-4H3,(H,14,15)/t9-,10-/m0/s1. The Morgan fingerprint density at radius 2 is 1.94 bits per heavy atom. The first-order chi connectivity index (χ1) is 7.92. The fourth-order valence-electron chi connectivity index (χ4n) is 1.55. The minimum Gasteiger partial charge on any atom is -0.467 e. The van der Waals surface area contributed by atoms with Gasteiger partial charge in [-0.2, -0.15) is 0 Å². The van der Waals surface area contributed by atoms with Gasteiger partial charge in [0.05, 0.1) is 13.2 Å². The summed E-state index contributed by atoms with van der Waals surface area (Å²) in [6.07, 6.45) is 2.00. The molecule has 3 N–H and O–H groups in total. The Hall–Kier alpha value is -1.10. The Labute approximate surface area is 103 Å². The van der Waals surface area contributed by atoms with Gasteiger partial charge in [-0.1, -0.05) is 27.2 Å². The van der Waals surface area contributed by atoms with E-state index in [1.165, 1.54) is 7.11 Å². The average Bonchev–Trinajstić information content (AvgIpc) is 2.26. The summed E-state index contributed by atoms with van der Waals surface area (Å²) in [5.74, 6) is -0.416. The molecule has 0 heterocycles. The highest BCUT2D eigenvalue weighted by Crippen LogP contribution is 2.07. The average molecular weight is 244 g/mol. The van der Waals surface area contributed by atoms with Gasteiger partial charge >= 0.3 is 5.97 Å². The zero-order valence-electron chi connectivity index (χ0n) is 11.2. The number of nitrogens with two attached hydrogens (primary N) is 1. The summed E-state index contributed by atoms with van der Waals surface area (Å²) in [5, 5.41) is 2.65. The zero-order valence-corrected chi connectivity index (χ0v) is 11.2. The van der Waals surface area contributed by atoms with E-state index in [9.17, 15) is 9.59 Å². The number of esters is 1. The Balaban J connectivity index is 4.42. The van der Waals surface area contributed by atoms with Crippen LogP contribution in [0.1, 0.15) is 40.0 Å². The summed E-state index contributed by atoms with van der Waals surface area (Å²) in [6.45, 7) is 5.92. The molecule has 2 atom stereocenters. The van der Waals surface area contributed by atoms with Crippen molar-refractivity contribution in [1.29, 1.82) is 0 Å². The third-order valence-electron chi connectivity index (χ3n) is 2.45. The van der Waals surface area contributed by atoms with E-state index in [0.717, 1.165) is 6.42 Å². The monoisotopic (exact) mass is 244 g/mol. The van der Waals surface area contributed by atoms with Crippen LogP contribution in [0.5, 0.6) is 0 Å². The Kier molecular flexibility index (Phi) is 7.54. The van der Waals surface area contributed by atoms with Crippen molar-refractivity contribution in [3.63, 3.8) is 0 Å². The molecule has 0 aromatic heterocycles. The summed E-state index contributed by atoms with van der Waals surface area (Å²) in [5.41, 5.74) is 5.68. The smallest absolute Gasteiger partial charge is 0.328 e. The normalized spacial score (nSPS) is 14.2. The molecule has 0 aromatic carbocycles. The molecule has 17 heavy (non-hydrogen) atoms. The number of hydrogen-bond acceptors (Lipinski definition) is 4. The number of rotatable bonds is 7. The number of carbonyl (C=O) groups is 2. The van der Waals surface area contributed by atoms with Crippen LogP contribution in [0.25, 0.3) is 0 Å². The highest BCUT2D eigenvalue weighted by molar-refractivity contribution is 5.87. The van der Waals surface area contributed by atoms with Gasteiger partial charge in [0.25, 0.3) is 0 Å². The number of ether oxygens (including phenoxy) is 1. The van der Waals surface area contributed by atoms with Crippen molar-refractivity contribution in [1.82, 2.24) is 5.32 Å². The molecule has 0 fully saturated rings. The lowest BCUT2D eigenvalue weighted by atomic mass is 10.0. The first kappa shape index (κ1) is 15.9. The summed E-state index contributed by atoms with van der Waals surface area (Å²) in [7, 11) is 1.31. The highest BCUT2D eigenvalue weighted by atomic mass is 16.5. The van der Waals surface area contributed by atoms with E-state index in [2.05, 4.69) is 10.1 Å². The maximum atomic E-state index is 11.7. The molecular weight excluding hydrogens is 220 g/mol. The van der Waals surface area contributed by atoms with Gasteiger partial charge in [-0.3, -0.25) is 4.79 Å². The van der Waals surface area contributed by atoms with E-state index in [-0.39, 0.29) is 5.91 Å². The molecule has 0 aliphatic heterocycles. The van der Waals surface area contributed by atoms with Crippen molar-refractivity contribution >= 4 is 11.9 Å². The Morgan fingerprint density at radius 3 is 2.35 bits per heavy atom. The first-order valence-corrected chi connectivity index (χ1v) is 6.06. The van der Waals surface area contributed by atoms with Gasteiger partial charge in [-0.15, -0.1) is 0 Å². The Morgan fingerprint density at radius 1 is 1.35 bits per heavy atom. The van der Waals surface area contributed by atoms with E-state index in [1.807, 2.05) is 20.8 Å². The van der Waals surface area contributed by atoms with Crippen LogP contribution in [-0.4, -0.2) is 31.1 Å². The van der Waals surface area contributed by atoms with Crippen LogP contribution in [0.2, 0.25) is 0 Å². The number of hydrogen-bond donors (Lipinski definition) is 2. The maximum Gasteiger partial charge on any atom is 0.328 e. The number of methoxy groups -OCH3 is 1. The van der Waals surface area contributed by atoms with Crippen molar-refractivity contribution in [2.24, 2.45) is 11.7 Å². The third-order valence-corrected chi connectivity index (χ3v) is 2.45. The van der Waals surface area contributed by atoms with Crippen LogP contribution in [-0.2, 0) is 14.3 Å². The van der Waals surface area contributed by atoms with Crippen LogP contribution >= 0.6 is 0 Å². The van der Waals surface area contributed by atoms with Crippen LogP contribution in [0.4, 0.5) is 0 Å². The summed E-state index contributed by atoms with van der Waals surface area (Å²) < 4.78 is 4.66. The molecule has 0 bridgehead atoms. The summed E-state index contributed by atoms with van der Waals surface area (Å²) in [6, 6.07) is -1.16. The summed E-state index contributed by atoms with van der Waals surface area (Å²) >= 11 is 0. The minimum absolute atomic E-state index is 0.289. The van der Waals surface area contributed by atoms with Crippen molar-refractivity contribution in [3.8, 4) is 0 Å².